The van der Waals surface area contributed by atoms with Crippen molar-refractivity contribution < 1.29 is 9.84 Å². The van der Waals surface area contributed by atoms with E-state index in [1.807, 2.05) is 0 Å². The fourth-order valence-corrected chi connectivity index (χ4v) is 4.44. The van der Waals surface area contributed by atoms with Crippen LogP contribution in [-0.4, -0.2) is 31.0 Å². The maximum Gasteiger partial charge on any atom is 0.0611 e. The SMILES string of the molecule is COCCC/C=C/[C@@H]1CCc2cc([C@H]3CC[C@](N)(CO)C3)ccc2C1. The predicted octanol–water partition coefficient (Wildman–Crippen LogP) is 3.73. The molecule has 3 rings (SSSR count). The van der Waals surface area contributed by atoms with Crippen LogP contribution >= 0.6 is 0 Å². The number of unbranched alkanes of at least 4 members (excludes halogenated alkanes) is 1. The van der Waals surface area contributed by atoms with Crippen molar-refractivity contribution in [1.82, 2.24) is 0 Å². The van der Waals surface area contributed by atoms with Gasteiger partial charge in [-0.15, -0.1) is 0 Å². The number of fused-ring (bicyclic) bond motifs is 1. The van der Waals surface area contributed by atoms with Gasteiger partial charge in [-0.1, -0.05) is 30.4 Å². The first-order valence-corrected chi connectivity index (χ1v) is 9.80. The fraction of sp³-hybridized carbons (Fsp3) is 0.636. The highest BCUT2D eigenvalue weighted by Crippen LogP contribution is 2.40. The van der Waals surface area contributed by atoms with Gasteiger partial charge >= 0.3 is 0 Å². The van der Waals surface area contributed by atoms with Crippen LogP contribution in [-0.2, 0) is 17.6 Å². The molecule has 0 unspecified atom stereocenters. The molecule has 0 radical (unpaired) electrons. The number of allylic oxidation sites excluding steroid dienone is 2. The minimum atomic E-state index is -0.362. The summed E-state index contributed by atoms with van der Waals surface area (Å²) in [5, 5.41) is 9.49. The van der Waals surface area contributed by atoms with E-state index in [4.69, 9.17) is 10.5 Å². The molecule has 25 heavy (non-hydrogen) atoms. The highest BCUT2D eigenvalue weighted by atomic mass is 16.5. The Balaban J connectivity index is 1.58. The van der Waals surface area contributed by atoms with Crippen LogP contribution in [0.1, 0.15) is 61.1 Å². The van der Waals surface area contributed by atoms with E-state index in [1.54, 1.807) is 7.11 Å². The summed E-state index contributed by atoms with van der Waals surface area (Å²) in [4.78, 5) is 0. The zero-order valence-corrected chi connectivity index (χ0v) is 15.5. The predicted molar refractivity (Wildman–Crippen MR) is 103 cm³/mol. The van der Waals surface area contributed by atoms with Gasteiger partial charge in [-0.3, -0.25) is 0 Å². The number of hydrogen-bond acceptors (Lipinski definition) is 3. The lowest BCUT2D eigenvalue weighted by atomic mass is 9.81. The number of ether oxygens (including phenoxy) is 1. The van der Waals surface area contributed by atoms with Gasteiger partial charge in [-0.2, -0.15) is 0 Å². The Hall–Kier alpha value is -1.16. The summed E-state index contributed by atoms with van der Waals surface area (Å²) in [6.45, 7) is 0.953. The Labute approximate surface area is 152 Å². The van der Waals surface area contributed by atoms with Crippen LogP contribution in [0.25, 0.3) is 0 Å². The van der Waals surface area contributed by atoms with Gasteiger partial charge < -0.3 is 15.6 Å². The van der Waals surface area contributed by atoms with Crippen LogP contribution in [0.4, 0.5) is 0 Å². The number of rotatable bonds is 7. The van der Waals surface area contributed by atoms with Gasteiger partial charge in [-0.25, -0.2) is 0 Å². The van der Waals surface area contributed by atoms with E-state index in [0.29, 0.717) is 11.8 Å². The lowest BCUT2D eigenvalue weighted by molar-refractivity contribution is 0.196. The zero-order valence-electron chi connectivity index (χ0n) is 15.5. The van der Waals surface area contributed by atoms with E-state index in [-0.39, 0.29) is 12.1 Å². The van der Waals surface area contributed by atoms with E-state index in [2.05, 4.69) is 30.4 Å². The highest BCUT2D eigenvalue weighted by Gasteiger charge is 2.36. The van der Waals surface area contributed by atoms with Gasteiger partial charge in [0.1, 0.15) is 0 Å². The molecule has 0 aliphatic heterocycles. The molecular weight excluding hydrogens is 310 g/mol. The van der Waals surface area contributed by atoms with Crippen LogP contribution in [0.3, 0.4) is 0 Å². The molecule has 1 aromatic rings. The van der Waals surface area contributed by atoms with Crippen LogP contribution in [0, 0.1) is 5.92 Å². The molecule has 3 atom stereocenters. The van der Waals surface area contributed by atoms with E-state index in [1.165, 1.54) is 36.0 Å². The average Bonchev–Trinajstić information content (AvgIpc) is 3.04. The molecule has 2 aliphatic rings. The van der Waals surface area contributed by atoms with E-state index < -0.39 is 0 Å². The van der Waals surface area contributed by atoms with Gasteiger partial charge in [0.05, 0.1) is 6.61 Å². The van der Waals surface area contributed by atoms with Crippen molar-refractivity contribution in [2.75, 3.05) is 20.3 Å². The Morgan fingerprint density at radius 3 is 2.96 bits per heavy atom. The number of hydrogen-bond donors (Lipinski definition) is 2. The minimum Gasteiger partial charge on any atom is -0.394 e. The molecule has 2 aliphatic carbocycles. The number of benzene rings is 1. The molecular formula is C22H33NO2. The smallest absolute Gasteiger partial charge is 0.0611 e. The highest BCUT2D eigenvalue weighted by molar-refractivity contribution is 5.37. The van der Waals surface area contributed by atoms with Gasteiger partial charge in [0.2, 0.25) is 0 Å². The second-order valence-electron chi connectivity index (χ2n) is 8.05. The minimum absolute atomic E-state index is 0.104. The normalized spacial score (nSPS) is 29.2. The monoisotopic (exact) mass is 343 g/mol. The molecule has 1 aromatic carbocycles. The van der Waals surface area contributed by atoms with E-state index in [9.17, 15) is 5.11 Å². The summed E-state index contributed by atoms with van der Waals surface area (Å²) in [6.07, 6.45) is 13.5. The summed E-state index contributed by atoms with van der Waals surface area (Å²) in [5.41, 5.74) is 10.4. The fourth-order valence-electron chi connectivity index (χ4n) is 4.44. The quantitative estimate of drug-likeness (QED) is 0.586. The van der Waals surface area contributed by atoms with Gasteiger partial charge in [0, 0.05) is 19.3 Å². The largest absolute Gasteiger partial charge is 0.394 e. The molecule has 0 bridgehead atoms. The molecule has 1 saturated carbocycles. The Bertz CT molecular complexity index is 598. The van der Waals surface area contributed by atoms with Crippen LogP contribution in [0.15, 0.2) is 30.4 Å². The first-order valence-electron chi connectivity index (χ1n) is 9.80. The number of aryl methyl sites for hydroxylation is 1. The molecule has 0 amide bonds. The van der Waals surface area contributed by atoms with Crippen molar-refractivity contribution in [3.8, 4) is 0 Å². The number of methoxy groups -OCH3 is 1. The lowest BCUT2D eigenvalue weighted by Crippen LogP contribution is -2.40. The Morgan fingerprint density at radius 1 is 1.32 bits per heavy atom. The molecule has 138 valence electrons. The summed E-state index contributed by atoms with van der Waals surface area (Å²) >= 11 is 0. The van der Waals surface area contributed by atoms with E-state index >= 15 is 0 Å². The van der Waals surface area contributed by atoms with Crippen LogP contribution in [0.5, 0.6) is 0 Å². The Morgan fingerprint density at radius 2 is 2.20 bits per heavy atom. The second-order valence-corrected chi connectivity index (χ2v) is 8.05. The molecule has 3 N–H and O–H groups in total. The van der Waals surface area contributed by atoms with Crippen molar-refractivity contribution in [2.45, 2.75) is 62.8 Å². The van der Waals surface area contributed by atoms with Crippen LogP contribution in [0.2, 0.25) is 0 Å². The summed E-state index contributed by atoms with van der Waals surface area (Å²) in [6, 6.07) is 7.06. The van der Waals surface area contributed by atoms with E-state index in [0.717, 1.165) is 38.7 Å². The number of aliphatic hydroxyl groups is 1. The first-order chi connectivity index (χ1) is 12.1. The zero-order chi connectivity index (χ0) is 17.7. The average molecular weight is 344 g/mol. The topological polar surface area (TPSA) is 55.5 Å². The van der Waals surface area contributed by atoms with Crippen LogP contribution < -0.4 is 5.73 Å². The molecule has 0 heterocycles. The maximum absolute atomic E-state index is 9.49. The molecule has 0 aromatic heterocycles. The number of nitrogens with two attached hydrogens (primary N) is 1. The standard InChI is InChI=1S/C22H33NO2/c1-25-12-4-2-3-5-17-6-7-19-14-20(9-8-18(19)13-17)21-10-11-22(23,15-21)16-24/h3,5,8-9,14,17,21,24H,2,4,6-7,10-13,15-16,23H2,1H3/b5-3+/t17-,21+,22-/m1/s1. The third-order valence-corrected chi connectivity index (χ3v) is 6.05. The van der Waals surface area contributed by atoms with Crippen molar-refractivity contribution in [2.24, 2.45) is 11.7 Å². The van der Waals surface area contributed by atoms with Crippen molar-refractivity contribution >= 4 is 0 Å². The van der Waals surface area contributed by atoms with Gasteiger partial charge in [-0.05, 0) is 79.9 Å². The number of aliphatic hydroxyl groups excluding tert-OH is 1. The summed E-state index contributed by atoms with van der Waals surface area (Å²) < 4.78 is 5.10. The lowest BCUT2D eigenvalue weighted by Gasteiger charge is -2.25. The molecule has 1 fully saturated rings. The third kappa shape index (κ3) is 4.72. The summed E-state index contributed by atoms with van der Waals surface area (Å²) in [7, 11) is 1.76. The van der Waals surface area contributed by atoms with Crippen molar-refractivity contribution in [1.29, 1.82) is 0 Å². The molecule has 0 saturated heterocycles. The first kappa shape index (κ1) is 18.6. The van der Waals surface area contributed by atoms with Gasteiger partial charge in [0.25, 0.3) is 0 Å². The third-order valence-electron chi connectivity index (χ3n) is 6.05. The Kier molecular flexibility index (Phi) is 6.32. The van der Waals surface area contributed by atoms with Gasteiger partial charge in [0.15, 0.2) is 0 Å². The molecule has 0 spiro atoms. The molecule has 3 nitrogen and oxygen atoms in total. The maximum atomic E-state index is 9.49. The van der Waals surface area contributed by atoms with Crippen molar-refractivity contribution in [3.05, 3.63) is 47.0 Å². The second kappa shape index (κ2) is 8.48. The summed E-state index contributed by atoms with van der Waals surface area (Å²) in [5.74, 6) is 1.19. The van der Waals surface area contributed by atoms with Crippen molar-refractivity contribution in [3.63, 3.8) is 0 Å². The molecule has 3 heteroatoms.